The Kier molecular flexibility index (Phi) is 1.59. The molecule has 86 valence electrons. The van der Waals surface area contributed by atoms with E-state index in [2.05, 4.69) is 14.9 Å². The van der Waals surface area contributed by atoms with Gasteiger partial charge in [0.25, 0.3) is 5.66 Å². The van der Waals surface area contributed by atoms with Gasteiger partial charge in [-0.1, -0.05) is 10.3 Å². The van der Waals surface area contributed by atoms with Crippen molar-refractivity contribution in [1.29, 1.82) is 0 Å². The molecule has 7 nitrogen and oxygen atoms in total. The van der Waals surface area contributed by atoms with E-state index >= 15 is 0 Å². The number of nitrogens with two attached hydrogens (primary N) is 1. The molecular formula is C9H13N4O3+. The summed E-state index contributed by atoms with van der Waals surface area (Å²) in [7, 11) is 0. The smallest absolute Gasteiger partial charge is 0.297 e. The summed E-state index contributed by atoms with van der Waals surface area (Å²) in [5.41, 5.74) is 5.03. The number of nitrogens with zero attached hydrogens (tertiary/aromatic N) is 3. The summed E-state index contributed by atoms with van der Waals surface area (Å²) >= 11 is 0. The molecule has 1 aliphatic carbocycles. The van der Waals surface area contributed by atoms with Crippen molar-refractivity contribution in [2.24, 2.45) is 5.73 Å². The molecule has 0 saturated heterocycles. The van der Waals surface area contributed by atoms with Gasteiger partial charge in [0, 0.05) is 19.8 Å². The lowest BCUT2D eigenvalue weighted by molar-refractivity contribution is -0.832. The van der Waals surface area contributed by atoms with Gasteiger partial charge in [-0.2, -0.15) is 0 Å². The average Bonchev–Trinajstić information content (AvgIpc) is 2.77. The van der Waals surface area contributed by atoms with Gasteiger partial charge >= 0.3 is 0 Å². The fraction of sp³-hybridized carbons (Fsp3) is 0.667. The van der Waals surface area contributed by atoms with Gasteiger partial charge in [-0.3, -0.25) is 10.9 Å². The Morgan fingerprint density at radius 1 is 1.50 bits per heavy atom. The van der Waals surface area contributed by atoms with Crippen LogP contribution < -0.4 is 5.73 Å². The van der Waals surface area contributed by atoms with E-state index in [0.717, 1.165) is 4.74 Å². The molecule has 3 rings (SSSR count). The molecule has 0 radical (unpaired) electrons. The number of hydroxylamine groups is 1. The predicted octanol–water partition coefficient (Wildman–Crippen LogP) is -0.875. The molecule has 0 spiro atoms. The molecule has 0 aromatic carbocycles. The third-order valence-electron chi connectivity index (χ3n) is 3.66. The number of hydrogen-bond donors (Lipinski definition) is 3. The quantitative estimate of drug-likeness (QED) is 0.391. The fourth-order valence-corrected chi connectivity index (χ4v) is 2.71. The number of rotatable bonds is 0. The van der Waals surface area contributed by atoms with Gasteiger partial charge in [0.2, 0.25) is 11.3 Å². The summed E-state index contributed by atoms with van der Waals surface area (Å²) in [6.45, 7) is 1.72. The standard InChI is InChI=1S/C9H13N4O3/c1-5-4-8(14)7-6(11-16-12-7)2-3-9(8,10)13(5)15/h14-15H,2-4,10H2,1H3/q+1. The second kappa shape index (κ2) is 2.61. The molecule has 0 saturated carbocycles. The van der Waals surface area contributed by atoms with E-state index in [4.69, 9.17) is 5.73 Å². The predicted molar refractivity (Wildman–Crippen MR) is 50.8 cm³/mol. The average molecular weight is 225 g/mol. The fourth-order valence-electron chi connectivity index (χ4n) is 2.71. The highest BCUT2D eigenvalue weighted by molar-refractivity contribution is 5.80. The van der Waals surface area contributed by atoms with Crippen LogP contribution in [0.4, 0.5) is 0 Å². The molecule has 1 aromatic heterocycles. The van der Waals surface area contributed by atoms with Crippen molar-refractivity contribution in [3.05, 3.63) is 11.4 Å². The number of fused-ring (bicyclic) bond motifs is 3. The highest BCUT2D eigenvalue weighted by Gasteiger charge is 2.69. The molecule has 0 amide bonds. The molecule has 2 unspecified atom stereocenters. The second-order valence-corrected chi connectivity index (χ2v) is 4.57. The Bertz CT molecular complexity index is 497. The molecular weight excluding hydrogens is 212 g/mol. The topological polar surface area (TPSA) is 108 Å². The largest absolute Gasteiger partial charge is 0.375 e. The van der Waals surface area contributed by atoms with Crippen molar-refractivity contribution in [2.45, 2.75) is 37.5 Å². The third kappa shape index (κ3) is 0.840. The summed E-state index contributed by atoms with van der Waals surface area (Å²) in [6, 6.07) is 0. The van der Waals surface area contributed by atoms with Crippen LogP contribution in [0.25, 0.3) is 0 Å². The number of aryl methyl sites for hydroxylation is 1. The molecule has 0 fully saturated rings. The zero-order valence-corrected chi connectivity index (χ0v) is 8.84. The Labute approximate surface area is 91.1 Å². The lowest BCUT2D eigenvalue weighted by Crippen LogP contribution is -2.63. The van der Waals surface area contributed by atoms with E-state index in [1.54, 1.807) is 6.92 Å². The summed E-state index contributed by atoms with van der Waals surface area (Å²) in [6.07, 6.45) is 1.17. The van der Waals surface area contributed by atoms with Crippen molar-refractivity contribution in [1.82, 2.24) is 10.3 Å². The van der Waals surface area contributed by atoms with Crippen LogP contribution in [-0.4, -0.2) is 36.7 Å². The van der Waals surface area contributed by atoms with Gasteiger partial charge in [-0.15, -0.1) is 0 Å². The summed E-state index contributed by atoms with van der Waals surface area (Å²) in [4.78, 5) is 0. The molecule has 2 atom stereocenters. The molecule has 2 heterocycles. The summed E-state index contributed by atoms with van der Waals surface area (Å²) in [5.74, 6) is 0. The van der Waals surface area contributed by atoms with Crippen LogP contribution in [0, 0.1) is 0 Å². The van der Waals surface area contributed by atoms with Gasteiger partial charge in [0.15, 0.2) is 0 Å². The minimum Gasteiger partial charge on any atom is -0.375 e. The number of aliphatic hydroxyl groups is 1. The Balaban J connectivity index is 2.22. The van der Waals surface area contributed by atoms with Crippen LogP contribution in [0.15, 0.2) is 4.63 Å². The SMILES string of the molecule is CC1=[N+](O)C2(N)CCc3nonc3C2(O)C1. The van der Waals surface area contributed by atoms with Crippen molar-refractivity contribution < 1.29 is 19.7 Å². The van der Waals surface area contributed by atoms with Gasteiger partial charge in [-0.25, -0.2) is 4.63 Å². The zero-order valence-electron chi connectivity index (χ0n) is 8.84. The normalized spacial score (nSPS) is 37.4. The highest BCUT2D eigenvalue weighted by Crippen LogP contribution is 2.45. The Morgan fingerprint density at radius 2 is 2.25 bits per heavy atom. The first-order chi connectivity index (χ1) is 7.49. The Morgan fingerprint density at radius 3 is 3.00 bits per heavy atom. The first-order valence-corrected chi connectivity index (χ1v) is 5.14. The van der Waals surface area contributed by atoms with Crippen LogP contribution in [0.3, 0.4) is 0 Å². The van der Waals surface area contributed by atoms with Crippen molar-refractivity contribution in [3.63, 3.8) is 0 Å². The summed E-state index contributed by atoms with van der Waals surface area (Å²) < 4.78 is 5.58. The molecule has 16 heavy (non-hydrogen) atoms. The molecule has 4 N–H and O–H groups in total. The first kappa shape index (κ1) is 9.73. The van der Waals surface area contributed by atoms with Gasteiger partial charge in [0.1, 0.15) is 11.4 Å². The maximum atomic E-state index is 10.6. The van der Waals surface area contributed by atoms with Crippen LogP contribution in [0.1, 0.15) is 31.2 Å². The zero-order chi connectivity index (χ0) is 11.6. The van der Waals surface area contributed by atoms with E-state index in [1.807, 2.05) is 0 Å². The first-order valence-electron chi connectivity index (χ1n) is 5.14. The molecule has 1 aromatic rings. The van der Waals surface area contributed by atoms with E-state index in [1.165, 1.54) is 0 Å². The van der Waals surface area contributed by atoms with Crippen molar-refractivity contribution in [3.8, 4) is 0 Å². The van der Waals surface area contributed by atoms with E-state index in [-0.39, 0.29) is 6.42 Å². The lowest BCUT2D eigenvalue weighted by atomic mass is 9.76. The molecule has 1 aliphatic heterocycles. The lowest BCUT2D eigenvalue weighted by Gasteiger charge is -2.34. The third-order valence-corrected chi connectivity index (χ3v) is 3.66. The second-order valence-electron chi connectivity index (χ2n) is 4.57. The number of aromatic nitrogens is 2. The van der Waals surface area contributed by atoms with Crippen LogP contribution >= 0.6 is 0 Å². The maximum Gasteiger partial charge on any atom is 0.297 e. The monoisotopic (exact) mass is 225 g/mol. The molecule has 7 heteroatoms. The Hall–Kier alpha value is -1.47. The maximum absolute atomic E-state index is 10.6. The minimum absolute atomic E-state index is 0.237. The van der Waals surface area contributed by atoms with Gasteiger partial charge in [-0.05, 0) is 4.74 Å². The van der Waals surface area contributed by atoms with Gasteiger partial charge in [0.05, 0.1) is 6.42 Å². The molecule has 2 aliphatic rings. The van der Waals surface area contributed by atoms with Crippen molar-refractivity contribution >= 4 is 5.71 Å². The van der Waals surface area contributed by atoms with Crippen LogP contribution in [0.2, 0.25) is 0 Å². The van der Waals surface area contributed by atoms with Crippen molar-refractivity contribution in [2.75, 3.05) is 0 Å². The highest BCUT2D eigenvalue weighted by atomic mass is 16.6. The number of hydrogen-bond acceptors (Lipinski definition) is 6. The van der Waals surface area contributed by atoms with Crippen LogP contribution in [0.5, 0.6) is 0 Å². The minimum atomic E-state index is -1.42. The van der Waals surface area contributed by atoms with Crippen LogP contribution in [-0.2, 0) is 12.0 Å². The summed E-state index contributed by atoms with van der Waals surface area (Å²) in [5, 5.41) is 28.0. The van der Waals surface area contributed by atoms with E-state index < -0.39 is 11.3 Å². The molecule has 0 bridgehead atoms. The van der Waals surface area contributed by atoms with Gasteiger partial charge < -0.3 is 5.11 Å². The van der Waals surface area contributed by atoms with E-state index in [0.29, 0.717) is 29.9 Å². The van der Waals surface area contributed by atoms with E-state index in [9.17, 15) is 10.3 Å².